The molecule has 0 saturated carbocycles. The zero-order valence-electron chi connectivity index (χ0n) is 12.6. The lowest BCUT2D eigenvalue weighted by Gasteiger charge is -2.06. The van der Waals surface area contributed by atoms with Crippen LogP contribution in [-0.2, 0) is 0 Å². The molecule has 0 radical (unpaired) electrons. The standard InChI is InChI=1S/C19H12FN3O/c20-14-8-10-15(11-9-14)24-18-7-3-6-17(22-18)19-21-12-13-4-1-2-5-16(13)23-19/h1-12H. The Morgan fingerprint density at radius 1 is 0.792 bits per heavy atom. The first-order valence-electron chi connectivity index (χ1n) is 7.40. The fourth-order valence-electron chi connectivity index (χ4n) is 2.32. The van der Waals surface area contributed by atoms with Crippen molar-refractivity contribution in [2.45, 2.75) is 0 Å². The van der Waals surface area contributed by atoms with Gasteiger partial charge >= 0.3 is 0 Å². The third kappa shape index (κ3) is 2.92. The Morgan fingerprint density at radius 2 is 1.62 bits per heavy atom. The van der Waals surface area contributed by atoms with Gasteiger partial charge in [-0.3, -0.25) is 0 Å². The zero-order chi connectivity index (χ0) is 16.4. The molecule has 4 aromatic rings. The number of benzene rings is 2. The molecule has 2 aromatic heterocycles. The van der Waals surface area contributed by atoms with E-state index in [1.54, 1.807) is 24.4 Å². The average Bonchev–Trinajstić information content (AvgIpc) is 2.63. The third-order valence-corrected chi connectivity index (χ3v) is 3.48. The minimum Gasteiger partial charge on any atom is -0.439 e. The van der Waals surface area contributed by atoms with E-state index < -0.39 is 0 Å². The van der Waals surface area contributed by atoms with Gasteiger partial charge in [-0.05, 0) is 36.4 Å². The van der Waals surface area contributed by atoms with E-state index in [0.29, 0.717) is 23.1 Å². The van der Waals surface area contributed by atoms with Crippen molar-refractivity contribution in [3.8, 4) is 23.1 Å². The van der Waals surface area contributed by atoms with Crippen LogP contribution in [0.4, 0.5) is 4.39 Å². The summed E-state index contributed by atoms with van der Waals surface area (Å²) in [7, 11) is 0. The fourth-order valence-corrected chi connectivity index (χ4v) is 2.32. The van der Waals surface area contributed by atoms with Crippen molar-refractivity contribution in [1.82, 2.24) is 15.0 Å². The van der Waals surface area contributed by atoms with E-state index in [1.807, 2.05) is 36.4 Å². The number of hydrogen-bond acceptors (Lipinski definition) is 4. The molecule has 0 bridgehead atoms. The topological polar surface area (TPSA) is 47.9 Å². The van der Waals surface area contributed by atoms with Gasteiger partial charge in [0.15, 0.2) is 5.82 Å². The van der Waals surface area contributed by atoms with Crippen LogP contribution < -0.4 is 4.74 Å². The van der Waals surface area contributed by atoms with E-state index in [9.17, 15) is 4.39 Å². The van der Waals surface area contributed by atoms with Crippen LogP contribution in [0.15, 0.2) is 72.9 Å². The van der Waals surface area contributed by atoms with Crippen LogP contribution in [0.1, 0.15) is 0 Å². The lowest BCUT2D eigenvalue weighted by atomic mass is 10.2. The summed E-state index contributed by atoms with van der Waals surface area (Å²) in [6.45, 7) is 0. The van der Waals surface area contributed by atoms with Crippen molar-refractivity contribution in [3.63, 3.8) is 0 Å². The molecule has 0 amide bonds. The smallest absolute Gasteiger partial charge is 0.219 e. The van der Waals surface area contributed by atoms with Gasteiger partial charge in [0.2, 0.25) is 5.88 Å². The van der Waals surface area contributed by atoms with Crippen LogP contribution in [0.5, 0.6) is 11.6 Å². The Bertz CT molecular complexity index is 1000. The highest BCUT2D eigenvalue weighted by atomic mass is 19.1. The molecule has 0 unspecified atom stereocenters. The van der Waals surface area contributed by atoms with Gasteiger partial charge in [0, 0.05) is 17.6 Å². The number of fused-ring (bicyclic) bond motifs is 1. The van der Waals surface area contributed by atoms with Gasteiger partial charge in [0.05, 0.1) is 5.52 Å². The molecule has 116 valence electrons. The average molecular weight is 317 g/mol. The first kappa shape index (κ1) is 14.3. The van der Waals surface area contributed by atoms with Crippen molar-refractivity contribution in [1.29, 1.82) is 0 Å². The normalized spacial score (nSPS) is 10.7. The van der Waals surface area contributed by atoms with E-state index in [1.165, 1.54) is 12.1 Å². The van der Waals surface area contributed by atoms with E-state index >= 15 is 0 Å². The molecule has 0 aliphatic carbocycles. The molecule has 4 nitrogen and oxygen atoms in total. The molecule has 2 aromatic carbocycles. The van der Waals surface area contributed by atoms with Crippen LogP contribution in [0.25, 0.3) is 22.4 Å². The van der Waals surface area contributed by atoms with Crippen LogP contribution in [0, 0.1) is 5.82 Å². The maximum atomic E-state index is 13.0. The summed E-state index contributed by atoms with van der Waals surface area (Å²) in [5.74, 6) is 1.13. The molecule has 2 heterocycles. The van der Waals surface area contributed by atoms with E-state index in [-0.39, 0.29) is 5.82 Å². The molecule has 0 atom stereocenters. The predicted molar refractivity (Wildman–Crippen MR) is 89.2 cm³/mol. The number of hydrogen-bond donors (Lipinski definition) is 0. The monoisotopic (exact) mass is 317 g/mol. The quantitative estimate of drug-likeness (QED) is 0.553. The van der Waals surface area contributed by atoms with Crippen molar-refractivity contribution < 1.29 is 9.13 Å². The number of para-hydroxylation sites is 1. The molecule has 0 N–H and O–H groups in total. The number of nitrogens with zero attached hydrogens (tertiary/aromatic N) is 3. The van der Waals surface area contributed by atoms with Gasteiger partial charge in [-0.25, -0.2) is 19.3 Å². The largest absolute Gasteiger partial charge is 0.439 e. The van der Waals surface area contributed by atoms with Gasteiger partial charge in [0.1, 0.15) is 17.3 Å². The Morgan fingerprint density at radius 3 is 2.50 bits per heavy atom. The van der Waals surface area contributed by atoms with Gasteiger partial charge in [-0.15, -0.1) is 0 Å². The van der Waals surface area contributed by atoms with E-state index in [4.69, 9.17) is 4.74 Å². The number of halogens is 1. The molecule has 0 aliphatic heterocycles. The minimum atomic E-state index is -0.311. The summed E-state index contributed by atoms with van der Waals surface area (Å²) in [5, 5.41) is 0.972. The van der Waals surface area contributed by atoms with Crippen LogP contribution in [0.2, 0.25) is 0 Å². The molecule has 0 saturated heterocycles. The molecule has 0 aliphatic rings. The second-order valence-electron chi connectivity index (χ2n) is 5.17. The molecule has 0 spiro atoms. The SMILES string of the molecule is Fc1ccc(Oc2cccc(-c3ncc4ccccc4n3)n2)cc1. The summed E-state index contributed by atoms with van der Waals surface area (Å²) < 4.78 is 18.6. The Kier molecular flexibility index (Phi) is 3.59. The van der Waals surface area contributed by atoms with Gasteiger partial charge in [0.25, 0.3) is 0 Å². The highest BCUT2D eigenvalue weighted by Crippen LogP contribution is 2.23. The van der Waals surface area contributed by atoms with Crippen LogP contribution >= 0.6 is 0 Å². The maximum absolute atomic E-state index is 13.0. The predicted octanol–water partition coefficient (Wildman–Crippen LogP) is 4.62. The molecular formula is C19H12FN3O. The fraction of sp³-hybridized carbons (Fsp3) is 0. The van der Waals surface area contributed by atoms with Crippen molar-refractivity contribution in [3.05, 3.63) is 78.7 Å². The van der Waals surface area contributed by atoms with Crippen LogP contribution in [0.3, 0.4) is 0 Å². The first-order valence-corrected chi connectivity index (χ1v) is 7.40. The van der Waals surface area contributed by atoms with Gasteiger partial charge in [-0.1, -0.05) is 24.3 Å². The lowest BCUT2D eigenvalue weighted by molar-refractivity contribution is 0.462. The number of pyridine rings is 1. The Hall–Kier alpha value is -3.34. The van der Waals surface area contributed by atoms with E-state index in [0.717, 1.165) is 10.9 Å². The number of aromatic nitrogens is 3. The summed E-state index contributed by atoms with van der Waals surface area (Å²) in [6.07, 6.45) is 1.77. The third-order valence-electron chi connectivity index (χ3n) is 3.48. The van der Waals surface area contributed by atoms with Gasteiger partial charge in [-0.2, -0.15) is 0 Å². The minimum absolute atomic E-state index is 0.311. The zero-order valence-corrected chi connectivity index (χ0v) is 12.6. The summed E-state index contributed by atoms with van der Waals surface area (Å²) in [4.78, 5) is 13.3. The van der Waals surface area contributed by atoms with Gasteiger partial charge < -0.3 is 4.74 Å². The molecule has 4 rings (SSSR count). The summed E-state index contributed by atoms with van der Waals surface area (Å²) in [6, 6.07) is 18.9. The molecular weight excluding hydrogens is 305 g/mol. The number of ether oxygens (including phenoxy) is 1. The first-order chi connectivity index (χ1) is 11.8. The summed E-state index contributed by atoms with van der Waals surface area (Å²) >= 11 is 0. The molecule has 5 heteroatoms. The van der Waals surface area contributed by atoms with Crippen molar-refractivity contribution in [2.24, 2.45) is 0 Å². The summed E-state index contributed by atoms with van der Waals surface area (Å²) in [5.41, 5.74) is 1.47. The Balaban J connectivity index is 1.67. The molecule has 24 heavy (non-hydrogen) atoms. The van der Waals surface area contributed by atoms with E-state index in [2.05, 4.69) is 15.0 Å². The number of rotatable bonds is 3. The molecule has 0 fully saturated rings. The highest BCUT2D eigenvalue weighted by molar-refractivity contribution is 5.79. The highest BCUT2D eigenvalue weighted by Gasteiger charge is 2.07. The Labute approximate surface area is 137 Å². The van der Waals surface area contributed by atoms with Crippen molar-refractivity contribution in [2.75, 3.05) is 0 Å². The van der Waals surface area contributed by atoms with Crippen LogP contribution in [-0.4, -0.2) is 15.0 Å². The second kappa shape index (κ2) is 6.04. The lowest BCUT2D eigenvalue weighted by Crippen LogP contribution is -1.94. The second-order valence-corrected chi connectivity index (χ2v) is 5.17. The maximum Gasteiger partial charge on any atom is 0.219 e. The van der Waals surface area contributed by atoms with Crippen molar-refractivity contribution >= 4 is 10.9 Å².